The molecule has 0 aliphatic heterocycles. The molecule has 1 aromatic heterocycles. The fourth-order valence-corrected chi connectivity index (χ4v) is 3.29. The number of hydrogen-bond donors (Lipinski definition) is 2. The van der Waals surface area contributed by atoms with Crippen LogP contribution in [0.4, 0.5) is 5.69 Å². The third-order valence-electron chi connectivity index (χ3n) is 4.09. The van der Waals surface area contributed by atoms with E-state index < -0.39 is 0 Å². The number of halogens is 1. The maximum atomic E-state index is 12.3. The Morgan fingerprint density at radius 1 is 1.23 bits per heavy atom. The number of anilines is 1. The Morgan fingerprint density at radius 3 is 2.65 bits per heavy atom. The second-order valence-corrected chi connectivity index (χ2v) is 7.68. The van der Waals surface area contributed by atoms with Crippen LogP contribution < -0.4 is 5.32 Å². The normalized spacial score (nSPS) is 10.7. The smallest absolute Gasteiger partial charge is 0.226 e. The molecule has 26 heavy (non-hydrogen) atoms. The molecule has 1 amide bonds. The number of aromatic nitrogens is 3. The van der Waals surface area contributed by atoms with Crippen molar-refractivity contribution >= 4 is 46.4 Å². The maximum Gasteiger partial charge on any atom is 0.226 e. The van der Waals surface area contributed by atoms with E-state index in [0.29, 0.717) is 17.7 Å². The van der Waals surface area contributed by atoms with E-state index in [9.17, 15) is 4.79 Å². The molecule has 0 bridgehead atoms. The van der Waals surface area contributed by atoms with Crippen LogP contribution in [0.5, 0.6) is 0 Å². The van der Waals surface area contributed by atoms with E-state index in [4.69, 9.17) is 12.2 Å². The van der Waals surface area contributed by atoms with Gasteiger partial charge < -0.3 is 5.32 Å². The third-order valence-corrected chi connectivity index (χ3v) is 5.56. The minimum absolute atomic E-state index is 0.0531. The summed E-state index contributed by atoms with van der Waals surface area (Å²) < 4.78 is 3.50. The van der Waals surface area contributed by atoms with Gasteiger partial charge in [0.25, 0.3) is 0 Å². The minimum Gasteiger partial charge on any atom is -0.326 e. The van der Waals surface area contributed by atoms with Crippen LogP contribution in [-0.4, -0.2) is 20.7 Å². The number of H-pyrrole nitrogens is 1. The molecule has 0 fully saturated rings. The molecular weight excluding hydrogens is 459 g/mol. The molecule has 0 radical (unpaired) electrons. The van der Waals surface area contributed by atoms with Gasteiger partial charge in [-0.25, -0.2) is 0 Å². The molecule has 0 aliphatic rings. The summed E-state index contributed by atoms with van der Waals surface area (Å²) in [6, 6.07) is 14.0. The highest BCUT2D eigenvalue weighted by atomic mass is 127. The van der Waals surface area contributed by atoms with Crippen molar-refractivity contribution in [2.45, 2.75) is 26.8 Å². The van der Waals surface area contributed by atoms with E-state index in [2.05, 4.69) is 38.1 Å². The minimum atomic E-state index is -0.0531. The molecule has 0 atom stereocenters. The topological polar surface area (TPSA) is 62.7 Å². The van der Waals surface area contributed by atoms with Gasteiger partial charge in [-0.15, -0.1) is 0 Å². The molecule has 2 N–H and O–H groups in total. The van der Waals surface area contributed by atoms with Gasteiger partial charge in [0.15, 0.2) is 10.6 Å². The van der Waals surface area contributed by atoms with Crippen molar-refractivity contribution in [2.24, 2.45) is 0 Å². The predicted octanol–water partition coefficient (Wildman–Crippen LogP) is 4.86. The second kappa shape index (κ2) is 8.13. The number of carbonyl (C=O) groups excluding carboxylic acids is 1. The largest absolute Gasteiger partial charge is 0.326 e. The highest BCUT2D eigenvalue weighted by Crippen LogP contribution is 2.19. The first kappa shape index (κ1) is 18.8. The number of aromatic amines is 1. The van der Waals surface area contributed by atoms with Gasteiger partial charge in [0.2, 0.25) is 5.91 Å². The molecule has 3 aromatic rings. The molecule has 0 aliphatic carbocycles. The van der Waals surface area contributed by atoms with Gasteiger partial charge in [-0.05, 0) is 66.4 Å². The Kier molecular flexibility index (Phi) is 5.87. The van der Waals surface area contributed by atoms with E-state index in [0.717, 1.165) is 20.6 Å². The number of carbonyl (C=O) groups is 1. The highest BCUT2D eigenvalue weighted by molar-refractivity contribution is 14.1. The van der Waals surface area contributed by atoms with Gasteiger partial charge in [-0.3, -0.25) is 14.5 Å². The van der Waals surface area contributed by atoms with Crippen molar-refractivity contribution in [2.75, 3.05) is 5.32 Å². The average Bonchev–Trinajstić information content (AvgIpc) is 2.98. The van der Waals surface area contributed by atoms with Crippen LogP contribution in [0.25, 0.3) is 11.4 Å². The number of aryl methyl sites for hydroxylation is 2. The highest BCUT2D eigenvalue weighted by Gasteiger charge is 2.11. The molecule has 5 nitrogen and oxygen atoms in total. The average molecular weight is 478 g/mol. The molecule has 0 saturated heterocycles. The number of nitrogens with zero attached hydrogens (tertiary/aromatic N) is 2. The van der Waals surface area contributed by atoms with Crippen molar-refractivity contribution in [1.29, 1.82) is 0 Å². The van der Waals surface area contributed by atoms with Crippen molar-refractivity contribution in [3.05, 3.63) is 61.9 Å². The summed E-state index contributed by atoms with van der Waals surface area (Å²) in [5, 5.41) is 10.1. The summed E-state index contributed by atoms with van der Waals surface area (Å²) >= 11 is 7.59. The van der Waals surface area contributed by atoms with E-state index in [1.165, 1.54) is 11.1 Å². The SMILES string of the molecule is Cc1ccc(-c2n[nH]c(=S)n2CCC(=O)Nc2ccc(C)c(I)c2)cc1. The van der Waals surface area contributed by atoms with Gasteiger partial charge >= 0.3 is 0 Å². The van der Waals surface area contributed by atoms with Crippen LogP contribution in [0.2, 0.25) is 0 Å². The summed E-state index contributed by atoms with van der Waals surface area (Å²) in [7, 11) is 0. The van der Waals surface area contributed by atoms with Crippen LogP contribution in [0.15, 0.2) is 42.5 Å². The monoisotopic (exact) mass is 478 g/mol. The van der Waals surface area contributed by atoms with Gasteiger partial charge in [0.05, 0.1) is 0 Å². The zero-order valence-electron chi connectivity index (χ0n) is 14.5. The predicted molar refractivity (Wildman–Crippen MR) is 115 cm³/mol. The van der Waals surface area contributed by atoms with Gasteiger partial charge in [-0.2, -0.15) is 5.10 Å². The lowest BCUT2D eigenvalue weighted by Gasteiger charge is -2.09. The molecule has 0 unspecified atom stereocenters. The third kappa shape index (κ3) is 4.39. The van der Waals surface area contributed by atoms with Crippen LogP contribution >= 0.6 is 34.8 Å². The number of hydrogen-bond acceptors (Lipinski definition) is 3. The first-order valence-electron chi connectivity index (χ1n) is 8.22. The van der Waals surface area contributed by atoms with Crippen molar-refractivity contribution < 1.29 is 4.79 Å². The Hall–Kier alpha value is -2.00. The Balaban J connectivity index is 1.70. The number of nitrogens with one attached hydrogen (secondary N) is 2. The quantitative estimate of drug-likeness (QED) is 0.407. The van der Waals surface area contributed by atoms with E-state index in [-0.39, 0.29) is 5.91 Å². The zero-order valence-corrected chi connectivity index (χ0v) is 17.5. The Labute approximate surface area is 171 Å². The summed E-state index contributed by atoms with van der Waals surface area (Å²) in [5.41, 5.74) is 4.15. The molecule has 2 aromatic carbocycles. The standard InChI is InChI=1S/C19H19IN4OS/c1-12-3-6-14(7-4-12)18-22-23-19(26)24(18)10-9-17(25)21-15-8-5-13(2)16(20)11-15/h3-8,11H,9-10H2,1-2H3,(H,21,25)(H,23,26). The summed E-state index contributed by atoms with van der Waals surface area (Å²) in [6.07, 6.45) is 0.317. The first-order valence-corrected chi connectivity index (χ1v) is 9.71. The number of rotatable bonds is 5. The van der Waals surface area contributed by atoms with Crippen LogP contribution in [0.3, 0.4) is 0 Å². The van der Waals surface area contributed by atoms with E-state index >= 15 is 0 Å². The molecule has 134 valence electrons. The molecule has 0 spiro atoms. The first-order chi connectivity index (χ1) is 12.4. The summed E-state index contributed by atoms with van der Waals surface area (Å²) in [5.74, 6) is 0.690. The molecule has 7 heteroatoms. The van der Waals surface area contributed by atoms with E-state index in [1.54, 1.807) is 0 Å². The van der Waals surface area contributed by atoms with Gasteiger partial charge in [-0.1, -0.05) is 35.9 Å². The molecule has 1 heterocycles. The van der Waals surface area contributed by atoms with Crippen molar-refractivity contribution in [3.63, 3.8) is 0 Å². The Morgan fingerprint density at radius 2 is 1.96 bits per heavy atom. The van der Waals surface area contributed by atoms with Crippen molar-refractivity contribution in [1.82, 2.24) is 14.8 Å². The lowest BCUT2D eigenvalue weighted by molar-refractivity contribution is -0.116. The van der Waals surface area contributed by atoms with Gasteiger partial charge in [0.1, 0.15) is 0 Å². The maximum absolute atomic E-state index is 12.3. The fraction of sp³-hybridized carbons (Fsp3) is 0.211. The molecular formula is C19H19IN4OS. The van der Waals surface area contributed by atoms with Crippen LogP contribution in [0, 0.1) is 22.2 Å². The van der Waals surface area contributed by atoms with E-state index in [1.807, 2.05) is 60.9 Å². The van der Waals surface area contributed by atoms with Gasteiger partial charge in [0, 0.05) is 27.8 Å². The number of amides is 1. The summed E-state index contributed by atoms with van der Waals surface area (Å²) in [6.45, 7) is 4.55. The molecule has 3 rings (SSSR count). The second-order valence-electron chi connectivity index (χ2n) is 6.13. The zero-order chi connectivity index (χ0) is 18.7. The lowest BCUT2D eigenvalue weighted by atomic mass is 10.1. The molecule has 0 saturated carbocycles. The van der Waals surface area contributed by atoms with Crippen molar-refractivity contribution in [3.8, 4) is 11.4 Å². The Bertz CT molecular complexity index is 992. The van der Waals surface area contributed by atoms with Crippen LogP contribution in [-0.2, 0) is 11.3 Å². The van der Waals surface area contributed by atoms with Crippen LogP contribution in [0.1, 0.15) is 17.5 Å². The fourth-order valence-electron chi connectivity index (χ4n) is 2.56. The summed E-state index contributed by atoms with van der Waals surface area (Å²) in [4.78, 5) is 12.3. The number of benzene rings is 2. The lowest BCUT2D eigenvalue weighted by Crippen LogP contribution is -2.15.